The molecule has 0 spiro atoms. The van der Waals surface area contributed by atoms with Crippen molar-refractivity contribution in [3.05, 3.63) is 35.4 Å². The molecule has 0 bridgehead atoms. The van der Waals surface area contributed by atoms with Gasteiger partial charge in [0.2, 0.25) is 5.91 Å². The number of benzene rings is 1. The maximum absolute atomic E-state index is 11.3. The number of hydrogen-bond acceptors (Lipinski definition) is 4. The molecule has 1 rings (SSSR count). The Morgan fingerprint density at radius 3 is 2.44 bits per heavy atom. The van der Waals surface area contributed by atoms with Gasteiger partial charge < -0.3 is 10.5 Å². The maximum Gasteiger partial charge on any atom is 0.309 e. The molecular weight excluding hydrogens is 232 g/mol. The van der Waals surface area contributed by atoms with E-state index in [0.717, 1.165) is 11.1 Å². The van der Waals surface area contributed by atoms with Gasteiger partial charge in [0.05, 0.1) is 20.1 Å². The number of carbonyl (C=O) groups is 2. The Kier molecular flexibility index (Phi) is 5.32. The molecule has 0 heterocycles. The van der Waals surface area contributed by atoms with Gasteiger partial charge in [0.25, 0.3) is 0 Å². The minimum atomic E-state index is -0.372. The molecule has 1 aromatic rings. The summed E-state index contributed by atoms with van der Waals surface area (Å²) >= 11 is 0. The first-order valence-electron chi connectivity index (χ1n) is 5.63. The van der Waals surface area contributed by atoms with Crippen molar-refractivity contribution in [3.8, 4) is 0 Å². The highest BCUT2D eigenvalue weighted by atomic mass is 16.5. The van der Waals surface area contributed by atoms with Crippen LogP contribution in [0, 0.1) is 0 Å². The van der Waals surface area contributed by atoms with Crippen molar-refractivity contribution in [1.82, 2.24) is 4.90 Å². The number of hydrogen-bond donors (Lipinski definition) is 1. The number of methoxy groups -OCH3 is 1. The zero-order valence-electron chi connectivity index (χ0n) is 10.7. The first kappa shape index (κ1) is 14.2. The normalized spacial score (nSPS) is 10.4. The monoisotopic (exact) mass is 250 g/mol. The quantitative estimate of drug-likeness (QED) is 0.738. The smallest absolute Gasteiger partial charge is 0.309 e. The fourth-order valence-electron chi connectivity index (χ4n) is 1.72. The van der Waals surface area contributed by atoms with Crippen molar-refractivity contribution in [3.63, 3.8) is 0 Å². The summed E-state index contributed by atoms with van der Waals surface area (Å²) in [6.45, 7) is 0.753. The zero-order chi connectivity index (χ0) is 13.5. The van der Waals surface area contributed by atoms with Crippen LogP contribution in [0.3, 0.4) is 0 Å². The summed E-state index contributed by atoms with van der Waals surface area (Å²) < 4.78 is 4.65. The van der Waals surface area contributed by atoms with Crippen LogP contribution in [0.1, 0.15) is 11.1 Å². The van der Waals surface area contributed by atoms with Crippen LogP contribution in [0.15, 0.2) is 24.3 Å². The van der Waals surface area contributed by atoms with E-state index in [2.05, 4.69) is 4.74 Å². The van der Waals surface area contributed by atoms with Crippen LogP contribution in [0.5, 0.6) is 0 Å². The minimum absolute atomic E-state index is 0.187. The number of nitrogens with two attached hydrogens (primary N) is 1. The van der Waals surface area contributed by atoms with Crippen LogP contribution in [0.4, 0.5) is 0 Å². The predicted octanol–water partition coefficient (Wildman–Crippen LogP) is 0.319. The molecule has 1 amide bonds. The summed E-state index contributed by atoms with van der Waals surface area (Å²) in [5.74, 6) is -0.650. The highest BCUT2D eigenvalue weighted by Gasteiger charge is 2.10. The molecule has 0 saturated heterocycles. The zero-order valence-corrected chi connectivity index (χ0v) is 10.7. The Hall–Kier alpha value is -1.88. The minimum Gasteiger partial charge on any atom is -0.469 e. The molecule has 18 heavy (non-hydrogen) atoms. The summed E-state index contributed by atoms with van der Waals surface area (Å²) in [6, 6.07) is 7.57. The van der Waals surface area contributed by atoms with E-state index in [1.165, 1.54) is 7.11 Å². The van der Waals surface area contributed by atoms with Crippen LogP contribution in [-0.4, -0.2) is 37.5 Å². The van der Waals surface area contributed by atoms with Crippen molar-refractivity contribution in [2.45, 2.75) is 13.0 Å². The Balaban J connectivity index is 2.75. The molecule has 0 fully saturated rings. The van der Waals surface area contributed by atoms with E-state index in [0.29, 0.717) is 6.54 Å². The van der Waals surface area contributed by atoms with E-state index in [-0.39, 0.29) is 24.8 Å². The van der Waals surface area contributed by atoms with Crippen molar-refractivity contribution in [2.24, 2.45) is 5.73 Å². The van der Waals surface area contributed by atoms with Gasteiger partial charge in [-0.15, -0.1) is 0 Å². The van der Waals surface area contributed by atoms with E-state index in [4.69, 9.17) is 5.73 Å². The van der Waals surface area contributed by atoms with Gasteiger partial charge >= 0.3 is 5.97 Å². The van der Waals surface area contributed by atoms with Crippen molar-refractivity contribution in [1.29, 1.82) is 0 Å². The predicted molar refractivity (Wildman–Crippen MR) is 67.7 cm³/mol. The van der Waals surface area contributed by atoms with E-state index in [1.807, 2.05) is 24.3 Å². The lowest BCUT2D eigenvalue weighted by molar-refractivity contribution is -0.139. The van der Waals surface area contributed by atoms with Crippen LogP contribution >= 0.6 is 0 Å². The number of carbonyl (C=O) groups excluding carboxylic acids is 2. The van der Waals surface area contributed by atoms with E-state index < -0.39 is 0 Å². The van der Waals surface area contributed by atoms with Crippen LogP contribution < -0.4 is 5.73 Å². The molecule has 0 aliphatic rings. The Bertz CT molecular complexity index is 432. The Morgan fingerprint density at radius 1 is 1.28 bits per heavy atom. The number of likely N-dealkylation sites (N-methyl/N-ethyl adjacent to an activating group) is 1. The fourth-order valence-corrected chi connectivity index (χ4v) is 1.72. The van der Waals surface area contributed by atoms with Crippen LogP contribution in [-0.2, 0) is 27.3 Å². The Labute approximate surface area is 107 Å². The van der Waals surface area contributed by atoms with E-state index >= 15 is 0 Å². The molecule has 5 heteroatoms. The number of ether oxygens (including phenoxy) is 1. The van der Waals surface area contributed by atoms with Gasteiger partial charge in [0, 0.05) is 6.54 Å². The van der Waals surface area contributed by atoms with Gasteiger partial charge in [-0.1, -0.05) is 24.3 Å². The first-order chi connectivity index (χ1) is 8.52. The van der Waals surface area contributed by atoms with Gasteiger partial charge in [-0.3, -0.25) is 14.5 Å². The summed E-state index contributed by atoms with van der Waals surface area (Å²) in [4.78, 5) is 23.9. The van der Waals surface area contributed by atoms with Crippen LogP contribution in [0.2, 0.25) is 0 Å². The summed E-state index contributed by atoms with van der Waals surface area (Å²) in [5.41, 5.74) is 7.03. The average molecular weight is 250 g/mol. The van der Waals surface area contributed by atoms with Gasteiger partial charge in [0.1, 0.15) is 0 Å². The molecule has 0 unspecified atom stereocenters. The third-order valence-electron chi connectivity index (χ3n) is 2.55. The summed E-state index contributed by atoms with van der Waals surface area (Å²) in [5, 5.41) is 0. The molecule has 0 radical (unpaired) electrons. The third-order valence-corrected chi connectivity index (χ3v) is 2.55. The van der Waals surface area contributed by atoms with Gasteiger partial charge in [-0.25, -0.2) is 0 Å². The van der Waals surface area contributed by atoms with Crippen molar-refractivity contribution in [2.75, 3.05) is 20.7 Å². The molecule has 98 valence electrons. The van der Waals surface area contributed by atoms with Gasteiger partial charge in [-0.05, 0) is 18.2 Å². The molecule has 0 saturated carbocycles. The van der Waals surface area contributed by atoms with E-state index in [1.54, 1.807) is 11.9 Å². The molecule has 0 aliphatic carbocycles. The third kappa shape index (κ3) is 4.55. The van der Waals surface area contributed by atoms with Gasteiger partial charge in [0.15, 0.2) is 0 Å². The van der Waals surface area contributed by atoms with Crippen molar-refractivity contribution >= 4 is 11.9 Å². The lowest BCUT2D eigenvalue weighted by Crippen LogP contribution is -2.30. The largest absolute Gasteiger partial charge is 0.469 e. The van der Waals surface area contributed by atoms with Gasteiger partial charge in [-0.2, -0.15) is 0 Å². The Morgan fingerprint density at radius 2 is 1.89 bits per heavy atom. The highest BCUT2D eigenvalue weighted by Crippen LogP contribution is 2.12. The maximum atomic E-state index is 11.3. The molecular formula is C13H18N2O3. The second-order valence-electron chi connectivity index (χ2n) is 4.16. The summed E-state index contributed by atoms with van der Waals surface area (Å²) in [7, 11) is 3.17. The first-order valence-corrected chi connectivity index (χ1v) is 5.63. The highest BCUT2D eigenvalue weighted by molar-refractivity contribution is 5.76. The SMILES string of the molecule is COC(=O)Cc1ccccc1CN(C)CC(N)=O. The molecule has 0 aliphatic heterocycles. The number of primary amides is 1. The molecule has 2 N–H and O–H groups in total. The lowest BCUT2D eigenvalue weighted by atomic mass is 10.0. The second kappa shape index (κ2) is 6.76. The molecule has 5 nitrogen and oxygen atoms in total. The number of esters is 1. The second-order valence-corrected chi connectivity index (χ2v) is 4.16. The average Bonchev–Trinajstić information content (AvgIpc) is 2.30. The van der Waals surface area contributed by atoms with Crippen molar-refractivity contribution < 1.29 is 14.3 Å². The number of nitrogens with zero attached hydrogens (tertiary/aromatic N) is 1. The van der Waals surface area contributed by atoms with Crippen LogP contribution in [0.25, 0.3) is 0 Å². The molecule has 0 aromatic heterocycles. The molecule has 1 aromatic carbocycles. The molecule has 0 atom stereocenters. The summed E-state index contributed by atoms with van der Waals surface area (Å²) in [6.07, 6.45) is 0.233. The topological polar surface area (TPSA) is 72.6 Å². The lowest BCUT2D eigenvalue weighted by Gasteiger charge is -2.16. The standard InChI is InChI=1S/C13H18N2O3/c1-15(9-12(14)16)8-11-6-4-3-5-10(11)7-13(17)18-2/h3-6H,7-9H2,1-2H3,(H2,14,16). The number of rotatable bonds is 6. The fraction of sp³-hybridized carbons (Fsp3) is 0.385. The van der Waals surface area contributed by atoms with E-state index in [9.17, 15) is 9.59 Å². The number of amides is 1.